The van der Waals surface area contributed by atoms with E-state index in [4.69, 9.17) is 14.0 Å². The lowest BCUT2D eigenvalue weighted by molar-refractivity contribution is -0.116. The average Bonchev–Trinajstić information content (AvgIpc) is 3.18. The van der Waals surface area contributed by atoms with Crippen LogP contribution in [0.3, 0.4) is 0 Å². The Morgan fingerprint density at radius 1 is 1.09 bits per heavy atom. The molecule has 0 bridgehead atoms. The van der Waals surface area contributed by atoms with Crippen LogP contribution in [0.1, 0.15) is 47.1 Å². The van der Waals surface area contributed by atoms with Crippen LogP contribution in [0.25, 0.3) is 0 Å². The molecule has 5 rings (SSSR count). The summed E-state index contributed by atoms with van der Waals surface area (Å²) in [4.78, 5) is 13.6. The minimum atomic E-state index is -0.313. The summed E-state index contributed by atoms with van der Waals surface area (Å²) >= 11 is 0. The summed E-state index contributed by atoms with van der Waals surface area (Å²) in [5.74, 6) is 1.46. The van der Waals surface area contributed by atoms with Crippen LogP contribution in [-0.4, -0.2) is 30.3 Å². The number of benzene rings is 2. The Morgan fingerprint density at radius 2 is 1.88 bits per heavy atom. The molecule has 2 aromatic carbocycles. The van der Waals surface area contributed by atoms with Gasteiger partial charge in [0, 0.05) is 23.3 Å². The van der Waals surface area contributed by atoms with Crippen molar-refractivity contribution < 1.29 is 23.9 Å². The summed E-state index contributed by atoms with van der Waals surface area (Å²) in [5.41, 5.74) is 5.03. The number of rotatable bonds is 4. The molecule has 2 aliphatic rings. The van der Waals surface area contributed by atoms with Crippen LogP contribution in [0, 0.1) is 6.92 Å². The van der Waals surface area contributed by atoms with Gasteiger partial charge >= 0.3 is 0 Å². The molecule has 1 aliphatic heterocycles. The predicted octanol–water partition coefficient (Wildman–Crippen LogP) is 4.66. The Labute approximate surface area is 185 Å². The highest BCUT2D eigenvalue weighted by molar-refractivity contribution is 6.01. The van der Waals surface area contributed by atoms with E-state index in [1.54, 1.807) is 19.2 Å². The normalized spacial score (nSPS) is 19.8. The molecular weight excluding hydrogens is 408 g/mol. The molecule has 0 amide bonds. The van der Waals surface area contributed by atoms with Gasteiger partial charge < -0.3 is 24.4 Å². The van der Waals surface area contributed by atoms with Crippen molar-refractivity contribution in [2.45, 2.75) is 31.6 Å². The molecule has 0 radical (unpaired) electrons. The molecule has 1 aromatic heterocycles. The van der Waals surface area contributed by atoms with E-state index in [-0.39, 0.29) is 23.4 Å². The maximum atomic E-state index is 13.6. The third kappa shape index (κ3) is 3.12. The number of Topliss-reactive ketones (excluding diaryl/α,β-unsaturated/α-hetero) is 1. The number of ether oxygens (including phenoxy) is 2. The Bertz CT molecular complexity index is 1240. The van der Waals surface area contributed by atoms with E-state index in [1.165, 1.54) is 7.11 Å². The Hall–Kier alpha value is -3.74. The molecule has 2 N–H and O–H groups in total. The first-order valence-corrected chi connectivity index (χ1v) is 10.5. The highest BCUT2D eigenvalue weighted by Crippen LogP contribution is 2.50. The van der Waals surface area contributed by atoms with E-state index in [1.807, 2.05) is 37.3 Å². The van der Waals surface area contributed by atoms with Crippen molar-refractivity contribution in [2.24, 2.45) is 0 Å². The lowest BCUT2D eigenvalue weighted by Gasteiger charge is -2.35. The van der Waals surface area contributed by atoms with Crippen molar-refractivity contribution in [2.75, 3.05) is 19.5 Å². The summed E-state index contributed by atoms with van der Waals surface area (Å²) in [5, 5.41) is 17.4. The van der Waals surface area contributed by atoms with Gasteiger partial charge in [0.2, 0.25) is 5.88 Å². The van der Waals surface area contributed by atoms with Crippen LogP contribution in [-0.2, 0) is 4.79 Å². The predicted molar refractivity (Wildman–Crippen MR) is 118 cm³/mol. The number of methoxy groups -OCH3 is 2. The zero-order valence-electron chi connectivity index (χ0n) is 18.1. The minimum absolute atomic E-state index is 0.0489. The molecule has 3 aromatic rings. The highest BCUT2D eigenvalue weighted by Gasteiger charge is 2.42. The number of phenols is 1. The molecule has 0 spiro atoms. The molecule has 164 valence electrons. The zero-order valence-corrected chi connectivity index (χ0v) is 18.1. The fourth-order valence-corrected chi connectivity index (χ4v) is 4.87. The Kier molecular flexibility index (Phi) is 4.89. The van der Waals surface area contributed by atoms with Crippen molar-refractivity contribution in [3.8, 4) is 17.2 Å². The summed E-state index contributed by atoms with van der Waals surface area (Å²) in [6, 6.07) is 13.0. The number of aryl methyl sites for hydroxylation is 1. The summed E-state index contributed by atoms with van der Waals surface area (Å²) < 4.78 is 16.5. The standard InChI is InChI=1S/C25H24N2O5/c1-13-22-23(16-6-4-5-7-20(16)30-2)24-17(26-25(22)32-27-13)10-15(11-19(24)29)14-8-9-18(28)21(12-14)31-3/h4-9,12,15,23,26,28H,10-11H2,1-3H3/t15-,23+/m1/s1. The fourth-order valence-electron chi connectivity index (χ4n) is 4.87. The van der Waals surface area contributed by atoms with E-state index in [2.05, 4.69) is 10.5 Å². The quantitative estimate of drug-likeness (QED) is 0.619. The number of allylic oxidation sites excluding steroid dienone is 2. The summed E-state index contributed by atoms with van der Waals surface area (Å²) in [7, 11) is 3.15. The van der Waals surface area contributed by atoms with Crippen LogP contribution in [0.4, 0.5) is 5.88 Å². The van der Waals surface area contributed by atoms with Crippen LogP contribution in [0.2, 0.25) is 0 Å². The maximum absolute atomic E-state index is 13.6. The number of ketones is 1. The van der Waals surface area contributed by atoms with Crippen molar-refractivity contribution in [1.29, 1.82) is 0 Å². The smallest absolute Gasteiger partial charge is 0.233 e. The van der Waals surface area contributed by atoms with Gasteiger partial charge in [-0.3, -0.25) is 4.79 Å². The van der Waals surface area contributed by atoms with Gasteiger partial charge in [-0.15, -0.1) is 0 Å². The van der Waals surface area contributed by atoms with Crippen molar-refractivity contribution in [3.05, 3.63) is 76.1 Å². The van der Waals surface area contributed by atoms with E-state index >= 15 is 0 Å². The minimum Gasteiger partial charge on any atom is -0.504 e. The molecule has 0 saturated heterocycles. The third-order valence-corrected chi connectivity index (χ3v) is 6.38. The topological polar surface area (TPSA) is 93.8 Å². The number of anilines is 1. The molecule has 2 atom stereocenters. The second-order valence-electron chi connectivity index (χ2n) is 8.16. The molecule has 0 unspecified atom stereocenters. The maximum Gasteiger partial charge on any atom is 0.233 e. The van der Waals surface area contributed by atoms with Crippen LogP contribution >= 0.6 is 0 Å². The molecule has 0 fully saturated rings. The van der Waals surface area contributed by atoms with Gasteiger partial charge in [0.1, 0.15) is 5.75 Å². The third-order valence-electron chi connectivity index (χ3n) is 6.38. The van der Waals surface area contributed by atoms with E-state index in [9.17, 15) is 9.90 Å². The number of aromatic hydroxyl groups is 1. The Balaban J connectivity index is 1.62. The Morgan fingerprint density at radius 3 is 2.66 bits per heavy atom. The second kappa shape index (κ2) is 7.75. The largest absolute Gasteiger partial charge is 0.504 e. The summed E-state index contributed by atoms with van der Waals surface area (Å²) in [6.07, 6.45) is 0.986. The fraction of sp³-hybridized carbons (Fsp3) is 0.280. The number of hydrogen-bond acceptors (Lipinski definition) is 7. The number of nitrogens with zero attached hydrogens (tertiary/aromatic N) is 1. The van der Waals surface area contributed by atoms with Crippen molar-refractivity contribution in [1.82, 2.24) is 5.16 Å². The number of hydrogen-bond donors (Lipinski definition) is 2. The van der Waals surface area contributed by atoms with Gasteiger partial charge in [-0.1, -0.05) is 29.4 Å². The number of aromatic nitrogens is 1. The molecular formula is C25H24N2O5. The van der Waals surface area contributed by atoms with Crippen molar-refractivity contribution >= 4 is 11.7 Å². The van der Waals surface area contributed by atoms with Gasteiger partial charge in [-0.2, -0.15) is 0 Å². The lowest BCUT2D eigenvalue weighted by atomic mass is 9.72. The molecule has 7 nitrogen and oxygen atoms in total. The SMILES string of the molecule is COc1cc([C@H]2CC(=O)C3=C(C2)Nc2onc(C)c2[C@@H]3c2ccccc2OC)ccc1O. The van der Waals surface area contributed by atoms with Crippen LogP contribution in [0.5, 0.6) is 17.2 Å². The number of para-hydroxylation sites is 1. The lowest BCUT2D eigenvalue weighted by Crippen LogP contribution is -2.29. The van der Waals surface area contributed by atoms with Gasteiger partial charge in [-0.25, -0.2) is 0 Å². The van der Waals surface area contributed by atoms with Gasteiger partial charge in [-0.05, 0) is 43.0 Å². The molecule has 7 heteroatoms. The highest BCUT2D eigenvalue weighted by atomic mass is 16.5. The number of carbonyl (C=O) groups is 1. The number of phenolic OH excluding ortho intramolecular Hbond substituents is 1. The van der Waals surface area contributed by atoms with Crippen LogP contribution in [0.15, 0.2) is 58.3 Å². The monoisotopic (exact) mass is 432 g/mol. The van der Waals surface area contributed by atoms with Crippen molar-refractivity contribution in [3.63, 3.8) is 0 Å². The number of carbonyl (C=O) groups excluding carboxylic acids is 1. The van der Waals surface area contributed by atoms with E-state index in [0.717, 1.165) is 39.4 Å². The van der Waals surface area contributed by atoms with Gasteiger partial charge in [0.05, 0.1) is 31.4 Å². The van der Waals surface area contributed by atoms with Gasteiger partial charge in [0.25, 0.3) is 0 Å². The van der Waals surface area contributed by atoms with Crippen LogP contribution < -0.4 is 14.8 Å². The average molecular weight is 432 g/mol. The first kappa shape index (κ1) is 20.2. The van der Waals surface area contributed by atoms with E-state index in [0.29, 0.717) is 24.5 Å². The second-order valence-corrected chi connectivity index (χ2v) is 8.16. The molecule has 0 saturated carbocycles. The number of nitrogens with one attached hydrogen (secondary N) is 1. The molecule has 2 heterocycles. The van der Waals surface area contributed by atoms with E-state index < -0.39 is 0 Å². The number of fused-ring (bicyclic) bond motifs is 1. The first-order chi connectivity index (χ1) is 15.5. The molecule has 1 aliphatic carbocycles. The molecule has 32 heavy (non-hydrogen) atoms. The summed E-state index contributed by atoms with van der Waals surface area (Å²) in [6.45, 7) is 1.89. The van der Waals surface area contributed by atoms with Gasteiger partial charge in [0.15, 0.2) is 17.3 Å². The first-order valence-electron chi connectivity index (χ1n) is 10.5. The zero-order chi connectivity index (χ0) is 22.4.